The van der Waals surface area contributed by atoms with Gasteiger partial charge in [-0.1, -0.05) is 71.2 Å². The van der Waals surface area contributed by atoms with Gasteiger partial charge in [-0.2, -0.15) is 0 Å². The maximum atomic E-state index is 13.9. The van der Waals surface area contributed by atoms with E-state index >= 15 is 0 Å². The molecule has 0 unspecified atom stereocenters. The summed E-state index contributed by atoms with van der Waals surface area (Å²) >= 11 is 0. The van der Waals surface area contributed by atoms with Crippen LogP contribution in [0.3, 0.4) is 0 Å². The average molecular weight is 900 g/mol. The molecule has 5 N–H and O–H groups in total. The van der Waals surface area contributed by atoms with E-state index in [4.69, 9.17) is 14.7 Å². The SMILES string of the molecule is COC(=O)N[C@H](C(=O)N1CCC[C@H]1c1nc2cc([C@H]3CC[C@H](c4ccc5[nH]c([C@@H]6CCCN6C(=O)[C@@H](NC(=O)O)C(C)C)nc5c4)N3c3ccc(C4CCCCC4)cc3)ccc2[nH]1)C(C)C. The fraction of sp³-hybridized carbons (Fsp3) is 0.529. The normalized spacial score (nSPS) is 22.4. The Bertz CT molecular complexity index is 2560. The second-order valence-electron chi connectivity index (χ2n) is 19.6. The summed E-state index contributed by atoms with van der Waals surface area (Å²) in [5.74, 6) is 1.41. The number of ether oxygens (including phenoxy) is 1. The summed E-state index contributed by atoms with van der Waals surface area (Å²) in [5.41, 5.74) is 8.44. The summed E-state index contributed by atoms with van der Waals surface area (Å²) in [5, 5.41) is 14.7. The fourth-order valence-electron chi connectivity index (χ4n) is 11.3. The Labute approximate surface area is 386 Å². The number of aromatic amines is 2. The van der Waals surface area contributed by atoms with E-state index in [0.717, 1.165) is 72.2 Å². The number of amides is 4. The number of carbonyl (C=O) groups is 4. The van der Waals surface area contributed by atoms with E-state index < -0.39 is 24.3 Å². The molecule has 4 fully saturated rings. The minimum atomic E-state index is -1.21. The number of benzene rings is 3. The van der Waals surface area contributed by atoms with Crippen molar-refractivity contribution in [1.82, 2.24) is 40.4 Å². The summed E-state index contributed by atoms with van der Waals surface area (Å²) in [7, 11) is 1.30. The van der Waals surface area contributed by atoms with Crippen molar-refractivity contribution in [3.05, 3.63) is 89.0 Å². The lowest BCUT2D eigenvalue weighted by Crippen LogP contribution is -2.51. The number of carboxylic acid groups (broad SMARTS) is 1. The number of rotatable bonds is 12. The predicted molar refractivity (Wildman–Crippen MR) is 253 cm³/mol. The molecule has 350 valence electrons. The number of alkyl carbamates (subject to hydrolysis) is 1. The fourth-order valence-corrected chi connectivity index (χ4v) is 11.3. The Morgan fingerprint density at radius 1 is 0.621 bits per heavy atom. The number of hydrogen-bond donors (Lipinski definition) is 5. The number of likely N-dealkylation sites (tertiary alicyclic amines) is 2. The molecule has 3 aromatic carbocycles. The molecule has 0 spiro atoms. The van der Waals surface area contributed by atoms with Gasteiger partial charge >= 0.3 is 12.2 Å². The van der Waals surface area contributed by atoms with Crippen molar-refractivity contribution < 1.29 is 29.0 Å². The Balaban J connectivity index is 1.01. The van der Waals surface area contributed by atoms with E-state index in [9.17, 15) is 24.3 Å². The molecule has 2 aromatic heterocycles. The zero-order valence-electron chi connectivity index (χ0n) is 38.9. The quantitative estimate of drug-likeness (QED) is 0.0812. The van der Waals surface area contributed by atoms with Crippen LogP contribution < -0.4 is 15.5 Å². The van der Waals surface area contributed by atoms with Crippen molar-refractivity contribution in [2.45, 2.75) is 140 Å². The topological polar surface area (TPSA) is 189 Å². The minimum absolute atomic E-state index is 0.0644. The van der Waals surface area contributed by atoms with E-state index in [1.807, 2.05) is 32.6 Å². The summed E-state index contributed by atoms with van der Waals surface area (Å²) in [6.45, 7) is 8.69. The van der Waals surface area contributed by atoms with E-state index in [2.05, 4.69) is 86.2 Å². The zero-order chi connectivity index (χ0) is 46.2. The summed E-state index contributed by atoms with van der Waals surface area (Å²) in [6, 6.07) is 20.4. The Hall–Kier alpha value is -6.12. The molecule has 5 heterocycles. The number of aromatic nitrogens is 4. The van der Waals surface area contributed by atoms with Gasteiger partial charge in [-0.15, -0.1) is 0 Å². The van der Waals surface area contributed by atoms with Gasteiger partial charge in [0.2, 0.25) is 11.8 Å². The van der Waals surface area contributed by atoms with Crippen LogP contribution in [0.15, 0.2) is 60.7 Å². The molecule has 3 aliphatic heterocycles. The molecular formula is C51H65N9O6. The number of methoxy groups -OCH3 is 1. The first-order chi connectivity index (χ1) is 31.9. The lowest BCUT2D eigenvalue weighted by molar-refractivity contribution is -0.136. The third kappa shape index (κ3) is 8.92. The number of nitrogens with zero attached hydrogens (tertiary/aromatic N) is 5. The maximum Gasteiger partial charge on any atom is 0.407 e. The molecule has 66 heavy (non-hydrogen) atoms. The first-order valence-corrected chi connectivity index (χ1v) is 24.2. The summed E-state index contributed by atoms with van der Waals surface area (Å²) in [4.78, 5) is 75.0. The van der Waals surface area contributed by atoms with Crippen LogP contribution in [0.5, 0.6) is 0 Å². The third-order valence-electron chi connectivity index (χ3n) is 14.8. The van der Waals surface area contributed by atoms with Crippen LogP contribution in [0.2, 0.25) is 0 Å². The molecule has 9 rings (SSSR count). The highest BCUT2D eigenvalue weighted by molar-refractivity contribution is 5.87. The van der Waals surface area contributed by atoms with E-state index in [1.165, 1.54) is 61.6 Å². The van der Waals surface area contributed by atoms with E-state index in [-0.39, 0.29) is 47.8 Å². The monoisotopic (exact) mass is 900 g/mol. The van der Waals surface area contributed by atoms with Gasteiger partial charge in [0.1, 0.15) is 23.7 Å². The highest BCUT2D eigenvalue weighted by Crippen LogP contribution is 2.48. The smallest absolute Gasteiger partial charge is 0.407 e. The van der Waals surface area contributed by atoms with Crippen LogP contribution in [0.4, 0.5) is 15.3 Å². The molecule has 0 bridgehead atoms. The van der Waals surface area contributed by atoms with Crippen molar-refractivity contribution in [1.29, 1.82) is 0 Å². The van der Waals surface area contributed by atoms with Crippen LogP contribution in [0.1, 0.15) is 157 Å². The van der Waals surface area contributed by atoms with Gasteiger partial charge < -0.3 is 45.1 Å². The molecule has 15 nitrogen and oxygen atoms in total. The number of imidazole rings is 2. The van der Waals surface area contributed by atoms with Gasteiger partial charge in [-0.3, -0.25) is 9.59 Å². The second-order valence-corrected chi connectivity index (χ2v) is 19.6. The van der Waals surface area contributed by atoms with Crippen LogP contribution >= 0.6 is 0 Å². The Morgan fingerprint density at radius 3 is 1.58 bits per heavy atom. The van der Waals surface area contributed by atoms with Crippen LogP contribution in [0.25, 0.3) is 22.1 Å². The Morgan fingerprint density at radius 2 is 1.11 bits per heavy atom. The molecule has 15 heteroatoms. The number of fused-ring (bicyclic) bond motifs is 2. The lowest BCUT2D eigenvalue weighted by Gasteiger charge is -2.34. The molecule has 4 amide bonds. The summed E-state index contributed by atoms with van der Waals surface area (Å²) < 4.78 is 4.84. The number of anilines is 1. The zero-order valence-corrected chi connectivity index (χ0v) is 38.9. The van der Waals surface area contributed by atoms with Crippen molar-refractivity contribution in [2.75, 3.05) is 25.1 Å². The number of H-pyrrole nitrogens is 2. The molecular weight excluding hydrogens is 835 g/mol. The average Bonchev–Trinajstić information content (AvgIpc) is 4.18. The van der Waals surface area contributed by atoms with Crippen molar-refractivity contribution >= 4 is 51.8 Å². The van der Waals surface area contributed by atoms with Gasteiger partial charge in [0.25, 0.3) is 0 Å². The molecule has 4 aliphatic rings. The Kier molecular flexibility index (Phi) is 13.0. The van der Waals surface area contributed by atoms with Crippen LogP contribution in [0, 0.1) is 11.8 Å². The molecule has 1 saturated carbocycles. The van der Waals surface area contributed by atoms with Crippen molar-refractivity contribution in [3.8, 4) is 0 Å². The van der Waals surface area contributed by atoms with Gasteiger partial charge in [0.05, 0.1) is 53.3 Å². The lowest BCUT2D eigenvalue weighted by atomic mass is 9.84. The molecule has 3 saturated heterocycles. The van der Waals surface area contributed by atoms with Crippen LogP contribution in [-0.2, 0) is 14.3 Å². The number of hydrogen-bond acceptors (Lipinski definition) is 8. The van der Waals surface area contributed by atoms with Gasteiger partial charge in [0.15, 0.2) is 0 Å². The third-order valence-corrected chi connectivity index (χ3v) is 14.8. The van der Waals surface area contributed by atoms with Gasteiger partial charge in [0, 0.05) is 18.8 Å². The highest BCUT2D eigenvalue weighted by Gasteiger charge is 2.40. The first kappa shape index (κ1) is 45.1. The standard InChI is InChI=1S/C51H65N9O6/c1-29(2)44(56-50(63)64)48(61)58-25-9-13-42(58)46-52-36-21-17-33(27-38(36)54-46)40-23-24-41(60(40)35-19-15-32(16-20-35)31-11-7-6-8-12-31)34-18-22-37-39(28-34)55-47(53-37)43-14-10-26-59(43)49(62)45(30(3)4)57-51(65)66-5/h15-22,27-31,40-45,56H,6-14,23-26H2,1-5H3,(H,52,54)(H,53,55)(H,57,65)(H,63,64)/t40-,41-,42+,43+,44+,45+/m1/s1. The number of carbonyl (C=O) groups excluding carboxylic acids is 3. The molecule has 5 aromatic rings. The van der Waals surface area contributed by atoms with Crippen LogP contribution in [-0.4, -0.2) is 91.1 Å². The molecule has 6 atom stereocenters. The van der Waals surface area contributed by atoms with Crippen molar-refractivity contribution in [3.63, 3.8) is 0 Å². The molecule has 0 radical (unpaired) electrons. The number of nitrogens with one attached hydrogen (secondary N) is 4. The second kappa shape index (κ2) is 19.0. The highest BCUT2D eigenvalue weighted by atomic mass is 16.5. The largest absolute Gasteiger partial charge is 0.465 e. The first-order valence-electron chi connectivity index (χ1n) is 24.2. The van der Waals surface area contributed by atoms with Gasteiger partial charge in [-0.05, 0) is 122 Å². The van der Waals surface area contributed by atoms with E-state index in [0.29, 0.717) is 19.0 Å². The van der Waals surface area contributed by atoms with Gasteiger partial charge in [-0.25, -0.2) is 19.6 Å². The minimum Gasteiger partial charge on any atom is -0.465 e. The molecule has 1 aliphatic carbocycles. The van der Waals surface area contributed by atoms with E-state index in [1.54, 1.807) is 4.90 Å². The predicted octanol–water partition coefficient (Wildman–Crippen LogP) is 9.57. The van der Waals surface area contributed by atoms with Crippen molar-refractivity contribution in [2.24, 2.45) is 11.8 Å². The maximum absolute atomic E-state index is 13.9. The summed E-state index contributed by atoms with van der Waals surface area (Å²) in [6.07, 6.45) is 9.58.